The van der Waals surface area contributed by atoms with Gasteiger partial charge in [-0.1, -0.05) is 75.4 Å². The van der Waals surface area contributed by atoms with E-state index < -0.39 is 0 Å². The third kappa shape index (κ3) is 7.57. The van der Waals surface area contributed by atoms with E-state index in [0.717, 1.165) is 23.2 Å². The minimum Gasteiger partial charge on any atom is -0.378 e. The van der Waals surface area contributed by atoms with Gasteiger partial charge in [0, 0.05) is 47.7 Å². The zero-order valence-electron chi connectivity index (χ0n) is 30.0. The molecule has 0 aliphatic carbocycles. The van der Waals surface area contributed by atoms with Crippen molar-refractivity contribution in [1.82, 2.24) is 24.4 Å². The standard InChI is InChI=1S/C42H43N7O3/c1-28-34(11-8-12-35(28)45-40(50)30-13-17-32(18-14-30)42(2,3)4)37-46-38(36-39(47-37)49(27-43-36)22-21-29-9-6-5-7-10-29)44-33-19-15-31(16-20-33)41(51)48-23-25-52-26-24-48/h5-20,27H,21-26H2,1-4H3,(H,45,50)(H,44,46,47). The molecule has 0 atom stereocenters. The number of nitrogens with one attached hydrogen (secondary N) is 2. The molecular weight excluding hydrogens is 651 g/mol. The van der Waals surface area contributed by atoms with Crippen molar-refractivity contribution >= 4 is 40.2 Å². The van der Waals surface area contributed by atoms with Crippen LogP contribution in [0, 0.1) is 6.92 Å². The van der Waals surface area contributed by atoms with Crippen LogP contribution in [0.15, 0.2) is 103 Å². The number of ether oxygens (including phenoxy) is 1. The number of carbonyl (C=O) groups excluding carboxylic acids is 2. The highest BCUT2D eigenvalue weighted by molar-refractivity contribution is 6.05. The molecule has 52 heavy (non-hydrogen) atoms. The fourth-order valence-corrected chi connectivity index (χ4v) is 6.32. The van der Waals surface area contributed by atoms with Gasteiger partial charge in [0.25, 0.3) is 11.8 Å². The number of imidazole rings is 1. The van der Waals surface area contributed by atoms with Crippen molar-refractivity contribution in [3.63, 3.8) is 0 Å². The zero-order valence-corrected chi connectivity index (χ0v) is 30.0. The first-order valence-corrected chi connectivity index (χ1v) is 17.7. The summed E-state index contributed by atoms with van der Waals surface area (Å²) in [5, 5.41) is 6.55. The number of anilines is 3. The summed E-state index contributed by atoms with van der Waals surface area (Å²) in [5.41, 5.74) is 7.97. The number of benzene rings is 4. The summed E-state index contributed by atoms with van der Waals surface area (Å²) in [7, 11) is 0. The number of morpholine rings is 1. The van der Waals surface area contributed by atoms with Crippen LogP contribution in [0.25, 0.3) is 22.6 Å². The van der Waals surface area contributed by atoms with Gasteiger partial charge in [0.2, 0.25) is 0 Å². The zero-order chi connectivity index (χ0) is 36.2. The molecule has 2 amide bonds. The van der Waals surface area contributed by atoms with Crippen LogP contribution < -0.4 is 10.6 Å². The lowest BCUT2D eigenvalue weighted by Gasteiger charge is -2.26. The Morgan fingerprint density at radius 1 is 0.827 bits per heavy atom. The van der Waals surface area contributed by atoms with Crippen molar-refractivity contribution in [2.24, 2.45) is 0 Å². The smallest absolute Gasteiger partial charge is 0.255 e. The van der Waals surface area contributed by atoms with Crippen LogP contribution in [-0.4, -0.2) is 62.5 Å². The molecule has 10 heteroatoms. The summed E-state index contributed by atoms with van der Waals surface area (Å²) in [5.74, 6) is 0.842. The lowest BCUT2D eigenvalue weighted by molar-refractivity contribution is 0.0303. The number of amides is 2. The van der Waals surface area contributed by atoms with E-state index in [9.17, 15) is 9.59 Å². The largest absolute Gasteiger partial charge is 0.378 e. The predicted octanol–water partition coefficient (Wildman–Crippen LogP) is 7.81. The minimum atomic E-state index is -0.186. The molecule has 1 saturated heterocycles. The fourth-order valence-electron chi connectivity index (χ4n) is 6.32. The summed E-state index contributed by atoms with van der Waals surface area (Å²) < 4.78 is 7.45. The van der Waals surface area contributed by atoms with Gasteiger partial charge in [0.15, 0.2) is 22.8 Å². The van der Waals surface area contributed by atoms with Gasteiger partial charge in [-0.2, -0.15) is 0 Å². The number of hydrogen-bond donors (Lipinski definition) is 2. The third-order valence-corrected chi connectivity index (χ3v) is 9.48. The number of rotatable bonds is 9. The maximum Gasteiger partial charge on any atom is 0.255 e. The van der Waals surface area contributed by atoms with Crippen molar-refractivity contribution in [2.45, 2.75) is 46.1 Å². The van der Waals surface area contributed by atoms with Gasteiger partial charge in [-0.3, -0.25) is 9.59 Å². The molecule has 0 unspecified atom stereocenters. The Hall–Kier alpha value is -5.87. The molecule has 6 aromatic rings. The highest BCUT2D eigenvalue weighted by Crippen LogP contribution is 2.32. The first-order chi connectivity index (χ1) is 25.1. The molecule has 4 aromatic carbocycles. The van der Waals surface area contributed by atoms with Gasteiger partial charge in [0.05, 0.1) is 19.5 Å². The summed E-state index contributed by atoms with van der Waals surface area (Å²) in [6.45, 7) is 11.4. The number of hydrogen-bond acceptors (Lipinski definition) is 7. The van der Waals surface area contributed by atoms with Gasteiger partial charge < -0.3 is 24.8 Å². The Morgan fingerprint density at radius 3 is 2.25 bits per heavy atom. The molecule has 2 N–H and O–H groups in total. The minimum absolute atomic E-state index is 0.00278. The van der Waals surface area contributed by atoms with E-state index in [2.05, 4.69) is 43.5 Å². The Kier molecular flexibility index (Phi) is 9.82. The van der Waals surface area contributed by atoms with Crippen LogP contribution in [0.2, 0.25) is 0 Å². The number of aryl methyl sites for hydroxylation is 2. The van der Waals surface area contributed by atoms with Crippen molar-refractivity contribution in [3.8, 4) is 11.4 Å². The van der Waals surface area contributed by atoms with Gasteiger partial charge in [0.1, 0.15) is 0 Å². The monoisotopic (exact) mass is 693 g/mol. The quantitative estimate of drug-likeness (QED) is 0.159. The lowest BCUT2D eigenvalue weighted by atomic mass is 9.86. The van der Waals surface area contributed by atoms with E-state index in [1.54, 1.807) is 6.33 Å². The molecule has 2 aromatic heterocycles. The maximum atomic E-state index is 13.4. The molecule has 7 rings (SSSR count). The highest BCUT2D eigenvalue weighted by atomic mass is 16.5. The number of aromatic nitrogens is 4. The molecule has 10 nitrogen and oxygen atoms in total. The Bertz CT molecular complexity index is 2200. The van der Waals surface area contributed by atoms with Gasteiger partial charge in [-0.05, 0) is 77.9 Å². The van der Waals surface area contributed by atoms with Crippen LogP contribution >= 0.6 is 0 Å². The highest BCUT2D eigenvalue weighted by Gasteiger charge is 2.21. The molecule has 3 heterocycles. The molecule has 264 valence electrons. The average Bonchev–Trinajstić information content (AvgIpc) is 3.58. The van der Waals surface area contributed by atoms with Gasteiger partial charge >= 0.3 is 0 Å². The van der Waals surface area contributed by atoms with Crippen molar-refractivity contribution in [1.29, 1.82) is 0 Å². The molecule has 0 radical (unpaired) electrons. The number of nitrogens with zero attached hydrogens (tertiary/aromatic N) is 5. The van der Waals surface area contributed by atoms with Crippen LogP contribution in [0.1, 0.15) is 58.2 Å². The van der Waals surface area contributed by atoms with Crippen LogP contribution in [-0.2, 0) is 23.1 Å². The molecule has 1 fully saturated rings. The molecular formula is C42H43N7O3. The SMILES string of the molecule is Cc1c(NC(=O)c2ccc(C(C)(C)C)cc2)cccc1-c1nc(Nc2ccc(C(=O)N3CCOCC3)cc2)c2ncn(CCc3ccccc3)c2n1. The van der Waals surface area contributed by atoms with E-state index in [-0.39, 0.29) is 17.2 Å². The number of fused-ring (bicyclic) bond motifs is 1. The second kappa shape index (κ2) is 14.8. The van der Waals surface area contributed by atoms with E-state index >= 15 is 0 Å². The van der Waals surface area contributed by atoms with Gasteiger partial charge in [-0.15, -0.1) is 0 Å². The molecule has 1 aliphatic rings. The van der Waals surface area contributed by atoms with E-state index in [4.69, 9.17) is 19.7 Å². The second-order valence-electron chi connectivity index (χ2n) is 14.1. The van der Waals surface area contributed by atoms with Crippen molar-refractivity contribution in [3.05, 3.63) is 131 Å². The Labute approximate surface area is 303 Å². The lowest BCUT2D eigenvalue weighted by Crippen LogP contribution is -2.40. The van der Waals surface area contributed by atoms with Crippen LogP contribution in [0.5, 0.6) is 0 Å². The molecule has 0 saturated carbocycles. The summed E-state index contributed by atoms with van der Waals surface area (Å²) in [6.07, 6.45) is 2.61. The molecule has 1 aliphatic heterocycles. The van der Waals surface area contributed by atoms with E-state index in [1.165, 1.54) is 11.1 Å². The molecule has 0 bridgehead atoms. The van der Waals surface area contributed by atoms with Crippen molar-refractivity contribution in [2.75, 3.05) is 36.9 Å². The Morgan fingerprint density at radius 2 is 1.54 bits per heavy atom. The van der Waals surface area contributed by atoms with Crippen LogP contribution in [0.3, 0.4) is 0 Å². The summed E-state index contributed by atoms with van der Waals surface area (Å²) in [6, 6.07) is 31.2. The topological polar surface area (TPSA) is 114 Å². The summed E-state index contributed by atoms with van der Waals surface area (Å²) >= 11 is 0. The first-order valence-electron chi connectivity index (χ1n) is 17.7. The second-order valence-corrected chi connectivity index (χ2v) is 14.1. The average molecular weight is 694 g/mol. The van der Waals surface area contributed by atoms with Gasteiger partial charge in [-0.25, -0.2) is 15.0 Å². The van der Waals surface area contributed by atoms with Crippen LogP contribution in [0.4, 0.5) is 17.2 Å². The van der Waals surface area contributed by atoms with Crippen molar-refractivity contribution < 1.29 is 14.3 Å². The maximum absolute atomic E-state index is 13.4. The predicted molar refractivity (Wildman–Crippen MR) is 205 cm³/mol. The number of carbonyl (C=O) groups is 2. The first kappa shape index (κ1) is 34.6. The fraction of sp³-hybridized carbons (Fsp3) is 0.262. The third-order valence-electron chi connectivity index (χ3n) is 9.48. The summed E-state index contributed by atoms with van der Waals surface area (Å²) in [4.78, 5) is 43.1. The van der Waals surface area contributed by atoms with E-state index in [0.29, 0.717) is 72.5 Å². The molecule has 0 spiro atoms. The Balaban J connectivity index is 1.20. The van der Waals surface area contributed by atoms with E-state index in [1.807, 2.05) is 101 Å². The normalized spacial score (nSPS) is 13.3.